The van der Waals surface area contributed by atoms with Crippen molar-refractivity contribution in [1.82, 2.24) is 5.31 Å². The van der Waals surface area contributed by atoms with E-state index < -0.39 is 19.8 Å². The second-order valence-corrected chi connectivity index (χ2v) is 2.22. The van der Waals surface area contributed by atoms with E-state index >= 15 is 0 Å². The molecule has 0 heterocycles. The maximum absolute atomic E-state index is 7.99. The normalized spacial score (nSPS) is 29.2. The molecule has 0 aliphatic rings. The van der Waals surface area contributed by atoms with Crippen molar-refractivity contribution in [1.29, 1.82) is 0 Å². The predicted molar refractivity (Wildman–Crippen MR) is 48.7 cm³/mol. The molecular weight excluding hydrogens is 134 g/mol. The maximum atomic E-state index is 7.99. The minimum atomic E-state index is -2.97. The van der Waals surface area contributed by atoms with E-state index in [0.29, 0.717) is 5.56 Å². The van der Waals surface area contributed by atoms with Crippen molar-refractivity contribution in [2.24, 2.45) is 0 Å². The van der Waals surface area contributed by atoms with Gasteiger partial charge in [-0.1, -0.05) is 30.3 Å². The van der Waals surface area contributed by atoms with Crippen LogP contribution in [0.5, 0.6) is 0 Å². The molecule has 0 radical (unpaired) electrons. The molecule has 1 heteroatoms. The van der Waals surface area contributed by atoms with Gasteiger partial charge in [0, 0.05) is 15.6 Å². The van der Waals surface area contributed by atoms with Crippen LogP contribution in [0.15, 0.2) is 30.3 Å². The van der Waals surface area contributed by atoms with Crippen LogP contribution in [-0.4, -0.2) is 13.0 Å². The SMILES string of the molecule is [2H]N(C([2H])([2H])[2H])C([2H])(Cc1ccccc1)C([2H])([2H])[2H]. The van der Waals surface area contributed by atoms with Gasteiger partial charge in [0.1, 0.15) is 1.41 Å². The molecule has 60 valence electrons. The highest BCUT2D eigenvalue weighted by Gasteiger charge is 1.97. The van der Waals surface area contributed by atoms with Crippen LogP contribution in [0.3, 0.4) is 0 Å². The molecule has 0 spiro atoms. The van der Waals surface area contributed by atoms with E-state index in [1.165, 1.54) is 0 Å². The van der Waals surface area contributed by atoms with Crippen molar-refractivity contribution >= 4 is 0 Å². The van der Waals surface area contributed by atoms with Crippen LogP contribution in [0.1, 0.15) is 22.0 Å². The summed E-state index contributed by atoms with van der Waals surface area (Å²) in [5, 5.41) is -0.111. The summed E-state index contributed by atoms with van der Waals surface area (Å²) in [5.74, 6) is 0. The van der Waals surface area contributed by atoms with E-state index in [4.69, 9.17) is 11.0 Å². The number of nitrogens with one attached hydrogen (secondary N) is 1. The number of hydrogen-bond donors (Lipinski definition) is 1. The maximum Gasteiger partial charge on any atom is 0.122 e. The molecule has 0 amide bonds. The Bertz CT molecular complexity index is 412. The Morgan fingerprint density at radius 1 is 1.64 bits per heavy atom. The molecule has 1 N–H and O–H groups in total. The first-order valence-corrected chi connectivity index (χ1v) is 3.32. The fraction of sp³-hybridized carbons (Fsp3) is 0.400. The zero-order valence-electron chi connectivity index (χ0n) is 14.0. The number of likely N-dealkylation sites (N-methyl/N-ethyl adjacent to an activating group) is 1. The molecule has 0 saturated heterocycles. The number of benzene rings is 1. The van der Waals surface area contributed by atoms with Crippen LogP contribution in [-0.2, 0) is 6.42 Å². The summed E-state index contributed by atoms with van der Waals surface area (Å²) in [6.45, 7) is -5.88. The van der Waals surface area contributed by atoms with Crippen LogP contribution in [0.25, 0.3) is 0 Å². The molecule has 0 saturated carbocycles. The summed E-state index contributed by atoms with van der Waals surface area (Å²) in [6, 6.07) is 5.73. The third-order valence-corrected chi connectivity index (χ3v) is 1.35. The molecule has 0 bridgehead atoms. The average molecular weight is 157 g/mol. The molecule has 1 rings (SSSR count). The van der Waals surface area contributed by atoms with Gasteiger partial charge < -0.3 is 5.31 Å². The molecule has 0 aliphatic carbocycles. The molecule has 1 aromatic carbocycles. The zero-order chi connectivity index (χ0) is 14.9. The second kappa shape index (κ2) is 4.14. The van der Waals surface area contributed by atoms with Gasteiger partial charge in [0.2, 0.25) is 0 Å². The predicted octanol–water partition coefficient (Wildman–Crippen LogP) is 1.84. The lowest BCUT2D eigenvalue weighted by Crippen LogP contribution is -2.23. The lowest BCUT2D eigenvalue weighted by atomic mass is 10.1. The van der Waals surface area contributed by atoms with Gasteiger partial charge in [-0.15, -0.1) is 0 Å². The fourth-order valence-corrected chi connectivity index (χ4v) is 0.829. The summed E-state index contributed by atoms with van der Waals surface area (Å²) in [7, 11) is 0. The molecule has 1 aromatic rings. The Labute approximate surface area is 79.7 Å². The Hall–Kier alpha value is -0.820. The first-order chi connectivity index (χ1) is 8.48. The van der Waals surface area contributed by atoms with Gasteiger partial charge in [0.25, 0.3) is 0 Å². The fourth-order valence-electron chi connectivity index (χ4n) is 0.829. The monoisotopic (exact) mass is 157 g/mol. The van der Waals surface area contributed by atoms with Crippen molar-refractivity contribution in [3.63, 3.8) is 0 Å². The van der Waals surface area contributed by atoms with Crippen LogP contribution in [0.4, 0.5) is 0 Å². The largest absolute Gasteiger partial charge is 0.317 e. The molecule has 1 unspecified atom stereocenters. The van der Waals surface area contributed by atoms with E-state index in [-0.39, 0.29) is 11.7 Å². The second-order valence-electron chi connectivity index (χ2n) is 2.22. The molecule has 11 heavy (non-hydrogen) atoms. The highest BCUT2D eigenvalue weighted by atomic mass is 14.8. The zero-order valence-corrected chi connectivity index (χ0v) is 6.04. The minimum absolute atomic E-state index is 0.111. The van der Waals surface area contributed by atoms with Gasteiger partial charge in [0.15, 0.2) is 0 Å². The lowest BCUT2D eigenvalue weighted by molar-refractivity contribution is 0.608. The molecule has 1 atom stereocenters. The van der Waals surface area contributed by atoms with Crippen molar-refractivity contribution in [3.8, 4) is 0 Å². The van der Waals surface area contributed by atoms with Gasteiger partial charge >= 0.3 is 0 Å². The number of hydrogen-bond acceptors (Lipinski definition) is 1. The van der Waals surface area contributed by atoms with Crippen molar-refractivity contribution < 1.29 is 11.0 Å². The van der Waals surface area contributed by atoms with Crippen LogP contribution in [0, 0.1) is 0 Å². The first-order valence-electron chi connectivity index (χ1n) is 7.26. The van der Waals surface area contributed by atoms with Gasteiger partial charge in [-0.25, -0.2) is 0 Å². The third-order valence-electron chi connectivity index (χ3n) is 1.35. The van der Waals surface area contributed by atoms with Crippen LogP contribution < -0.4 is 5.31 Å². The van der Waals surface area contributed by atoms with Crippen molar-refractivity contribution in [2.75, 3.05) is 6.98 Å². The number of rotatable bonds is 3. The quantitative estimate of drug-likeness (QED) is 0.706. The Morgan fingerprint density at radius 3 is 3.09 bits per heavy atom. The molecular formula is C10H15N. The van der Waals surface area contributed by atoms with E-state index in [0.717, 1.165) is 0 Å². The summed E-state index contributed by atoms with van der Waals surface area (Å²) < 4.78 is 59.1. The summed E-state index contributed by atoms with van der Waals surface area (Å²) in [4.78, 5) is 0. The van der Waals surface area contributed by atoms with Crippen molar-refractivity contribution in [3.05, 3.63) is 35.9 Å². The van der Waals surface area contributed by atoms with E-state index in [2.05, 4.69) is 0 Å². The molecule has 0 fully saturated rings. The Kier molecular flexibility index (Phi) is 0.977. The summed E-state index contributed by atoms with van der Waals surface area (Å²) in [6.07, 6.45) is -0.369. The van der Waals surface area contributed by atoms with E-state index in [1.807, 2.05) is 0 Å². The smallest absolute Gasteiger partial charge is 0.122 e. The standard InChI is InChI=1S/C10H15N/c1-9(11-2)8-10-6-4-3-5-7-10/h3-7,9,11H,8H2,1-2H3/i1D3,2D3,9D/hD. The third kappa shape index (κ3) is 2.72. The van der Waals surface area contributed by atoms with E-state index in [9.17, 15) is 0 Å². The lowest BCUT2D eigenvalue weighted by Gasteiger charge is -2.08. The molecule has 0 aliphatic heterocycles. The van der Waals surface area contributed by atoms with Gasteiger partial charge in [-0.3, -0.25) is 0 Å². The van der Waals surface area contributed by atoms with Gasteiger partial charge in [-0.05, 0) is 25.8 Å². The minimum Gasteiger partial charge on any atom is -0.317 e. The first kappa shape index (κ1) is 2.60. The van der Waals surface area contributed by atoms with Crippen LogP contribution >= 0.6 is 0 Å². The highest BCUT2D eigenvalue weighted by molar-refractivity contribution is 5.15. The molecule has 0 aromatic heterocycles. The average Bonchev–Trinajstić information content (AvgIpc) is 2.26. The topological polar surface area (TPSA) is 12.0 Å². The Balaban J connectivity index is 3.15. The highest BCUT2D eigenvalue weighted by Crippen LogP contribution is 2.01. The summed E-state index contributed by atoms with van der Waals surface area (Å²) in [5.41, 5.74) is 0.495. The summed E-state index contributed by atoms with van der Waals surface area (Å²) >= 11 is 0. The van der Waals surface area contributed by atoms with Crippen LogP contribution in [0.2, 0.25) is 1.41 Å². The molecule has 1 nitrogen and oxygen atoms in total. The van der Waals surface area contributed by atoms with Gasteiger partial charge in [-0.2, -0.15) is 0 Å². The van der Waals surface area contributed by atoms with E-state index in [1.54, 1.807) is 30.3 Å². The van der Waals surface area contributed by atoms with Gasteiger partial charge in [0.05, 0.1) is 0 Å². The van der Waals surface area contributed by atoms with Crippen molar-refractivity contribution in [2.45, 2.75) is 19.3 Å². The Morgan fingerprint density at radius 2 is 2.45 bits per heavy atom.